The van der Waals surface area contributed by atoms with Gasteiger partial charge in [-0.05, 0) is 12.3 Å². The summed E-state index contributed by atoms with van der Waals surface area (Å²) in [5.41, 5.74) is 0. The number of carbonyl (C=O) groups excluding carboxylic acids is 1. The topological polar surface area (TPSA) is 94.9 Å². The Morgan fingerprint density at radius 1 is 1.24 bits per heavy atom. The Hall–Kier alpha value is -0.660. The Bertz CT molecular complexity index is 397. The third-order valence-corrected chi connectivity index (χ3v) is 5.24. The predicted octanol–water partition coefficient (Wildman–Crippen LogP) is -1.62. The average molecular weight is 263 g/mol. The largest absolute Gasteiger partial charge is 0.388 e. The molecule has 2 fully saturated rings. The van der Waals surface area contributed by atoms with Crippen LogP contribution in [0.1, 0.15) is 12.8 Å². The van der Waals surface area contributed by atoms with Crippen LogP contribution in [0.15, 0.2) is 0 Å². The SMILES string of the molecule is O=C(CC1CCS(=O)(=O)C1)N1CC(O)C(O)C1. The Morgan fingerprint density at radius 2 is 1.82 bits per heavy atom. The molecular formula is C10H17NO5S. The van der Waals surface area contributed by atoms with Crippen LogP contribution in [-0.2, 0) is 14.6 Å². The fraction of sp³-hybridized carbons (Fsp3) is 0.900. The lowest BCUT2D eigenvalue weighted by molar-refractivity contribution is -0.131. The minimum atomic E-state index is -2.96. The van der Waals surface area contributed by atoms with Gasteiger partial charge in [0.05, 0.1) is 23.7 Å². The number of sulfone groups is 1. The van der Waals surface area contributed by atoms with E-state index in [9.17, 15) is 23.4 Å². The minimum absolute atomic E-state index is 0.0810. The van der Waals surface area contributed by atoms with Crippen molar-refractivity contribution >= 4 is 15.7 Å². The average Bonchev–Trinajstić information content (AvgIpc) is 2.71. The molecule has 6 nitrogen and oxygen atoms in total. The van der Waals surface area contributed by atoms with Crippen LogP contribution in [0.5, 0.6) is 0 Å². The van der Waals surface area contributed by atoms with Gasteiger partial charge in [0.15, 0.2) is 9.84 Å². The van der Waals surface area contributed by atoms with E-state index in [1.165, 1.54) is 4.90 Å². The van der Waals surface area contributed by atoms with Crippen LogP contribution in [0.25, 0.3) is 0 Å². The van der Waals surface area contributed by atoms with Crippen LogP contribution in [0, 0.1) is 5.92 Å². The maximum Gasteiger partial charge on any atom is 0.223 e. The van der Waals surface area contributed by atoms with Crippen LogP contribution >= 0.6 is 0 Å². The van der Waals surface area contributed by atoms with E-state index in [0.29, 0.717) is 6.42 Å². The number of β-amino-alcohol motifs (C(OH)–C–C–N with tert-alkyl or cyclic N) is 2. The molecule has 0 aromatic rings. The lowest BCUT2D eigenvalue weighted by atomic mass is 10.0. The van der Waals surface area contributed by atoms with Gasteiger partial charge in [-0.1, -0.05) is 0 Å². The summed E-state index contributed by atoms with van der Waals surface area (Å²) in [4.78, 5) is 13.2. The van der Waals surface area contributed by atoms with Crippen molar-refractivity contribution in [3.05, 3.63) is 0 Å². The summed E-state index contributed by atoms with van der Waals surface area (Å²) in [6.07, 6.45) is -1.04. The molecule has 2 rings (SSSR count). The molecular weight excluding hydrogens is 246 g/mol. The van der Waals surface area contributed by atoms with Gasteiger partial charge in [0, 0.05) is 19.5 Å². The number of aliphatic hydroxyl groups excluding tert-OH is 2. The molecule has 0 saturated carbocycles. The summed E-state index contributed by atoms with van der Waals surface area (Å²) in [5.74, 6) is -0.0430. The standard InChI is InChI=1S/C10H17NO5S/c12-8-4-11(5-9(8)13)10(14)3-7-1-2-17(15,16)6-7/h7-9,12-13H,1-6H2. The highest BCUT2D eigenvalue weighted by Gasteiger charge is 2.35. The summed E-state index contributed by atoms with van der Waals surface area (Å²) in [5, 5.41) is 18.6. The van der Waals surface area contributed by atoms with Gasteiger partial charge in [-0.2, -0.15) is 0 Å². The number of hydrogen-bond donors (Lipinski definition) is 2. The summed E-state index contributed by atoms with van der Waals surface area (Å²) >= 11 is 0. The third kappa shape index (κ3) is 2.97. The van der Waals surface area contributed by atoms with Gasteiger partial charge in [0.25, 0.3) is 0 Å². The van der Waals surface area contributed by atoms with Gasteiger partial charge in [0.1, 0.15) is 0 Å². The lowest BCUT2D eigenvalue weighted by Gasteiger charge is -2.17. The van der Waals surface area contributed by atoms with Crippen molar-refractivity contribution in [3.63, 3.8) is 0 Å². The zero-order valence-electron chi connectivity index (χ0n) is 9.45. The highest BCUT2D eigenvalue weighted by Crippen LogP contribution is 2.23. The van der Waals surface area contributed by atoms with E-state index >= 15 is 0 Å². The summed E-state index contributed by atoms with van der Waals surface area (Å²) in [6.45, 7) is 0.277. The van der Waals surface area contributed by atoms with E-state index in [1.54, 1.807) is 0 Å². The zero-order chi connectivity index (χ0) is 12.6. The monoisotopic (exact) mass is 263 g/mol. The maximum atomic E-state index is 11.8. The molecule has 98 valence electrons. The van der Waals surface area contributed by atoms with Crippen molar-refractivity contribution in [3.8, 4) is 0 Å². The first-order chi connectivity index (χ1) is 7.87. The smallest absolute Gasteiger partial charge is 0.223 e. The van der Waals surface area contributed by atoms with Crippen LogP contribution in [0.2, 0.25) is 0 Å². The molecule has 2 aliphatic rings. The second kappa shape index (κ2) is 4.55. The van der Waals surface area contributed by atoms with E-state index in [2.05, 4.69) is 0 Å². The molecule has 17 heavy (non-hydrogen) atoms. The van der Waals surface area contributed by atoms with Crippen molar-refractivity contribution in [2.45, 2.75) is 25.0 Å². The van der Waals surface area contributed by atoms with E-state index in [0.717, 1.165) is 0 Å². The molecule has 0 aromatic heterocycles. The first kappa shape index (κ1) is 12.8. The lowest BCUT2D eigenvalue weighted by Crippen LogP contribution is -2.31. The molecule has 1 amide bonds. The number of rotatable bonds is 2. The number of carbonyl (C=O) groups is 1. The van der Waals surface area contributed by atoms with Crippen molar-refractivity contribution in [2.24, 2.45) is 5.92 Å². The highest BCUT2D eigenvalue weighted by atomic mass is 32.2. The quantitative estimate of drug-likeness (QED) is 0.624. The molecule has 7 heteroatoms. The Balaban J connectivity index is 1.86. The zero-order valence-corrected chi connectivity index (χ0v) is 10.3. The van der Waals surface area contributed by atoms with Gasteiger partial charge in [-0.3, -0.25) is 4.79 Å². The van der Waals surface area contributed by atoms with Gasteiger partial charge in [-0.15, -0.1) is 0 Å². The second-order valence-electron chi connectivity index (χ2n) is 4.91. The fourth-order valence-corrected chi connectivity index (χ4v) is 4.24. The Morgan fingerprint density at radius 3 is 2.29 bits per heavy atom. The summed E-state index contributed by atoms with van der Waals surface area (Å²) in [7, 11) is -2.96. The maximum absolute atomic E-state index is 11.8. The minimum Gasteiger partial charge on any atom is -0.388 e. The second-order valence-corrected chi connectivity index (χ2v) is 7.14. The van der Waals surface area contributed by atoms with Crippen molar-refractivity contribution in [2.75, 3.05) is 24.6 Å². The fourth-order valence-electron chi connectivity index (χ4n) is 2.38. The van der Waals surface area contributed by atoms with E-state index in [1.807, 2.05) is 0 Å². The Kier molecular flexibility index (Phi) is 3.42. The van der Waals surface area contributed by atoms with Crippen LogP contribution in [-0.4, -0.2) is 66.2 Å². The molecule has 0 aliphatic carbocycles. The number of likely N-dealkylation sites (tertiary alicyclic amines) is 1. The first-order valence-corrected chi connectivity index (χ1v) is 7.54. The molecule has 0 spiro atoms. The molecule has 2 N–H and O–H groups in total. The van der Waals surface area contributed by atoms with Crippen LogP contribution < -0.4 is 0 Å². The normalized spacial score (nSPS) is 36.4. The van der Waals surface area contributed by atoms with Crippen LogP contribution in [0.4, 0.5) is 0 Å². The van der Waals surface area contributed by atoms with Crippen LogP contribution in [0.3, 0.4) is 0 Å². The molecule has 3 unspecified atom stereocenters. The van der Waals surface area contributed by atoms with Gasteiger partial charge < -0.3 is 15.1 Å². The van der Waals surface area contributed by atoms with E-state index < -0.39 is 22.0 Å². The predicted molar refractivity (Wildman–Crippen MR) is 60.0 cm³/mol. The summed E-state index contributed by atoms with van der Waals surface area (Å²) < 4.78 is 22.5. The number of aliphatic hydroxyl groups is 2. The first-order valence-electron chi connectivity index (χ1n) is 5.72. The molecule has 3 atom stereocenters. The molecule has 0 radical (unpaired) electrons. The van der Waals surface area contributed by atoms with Crippen molar-refractivity contribution < 1.29 is 23.4 Å². The number of amides is 1. The summed E-state index contributed by atoms with van der Waals surface area (Å²) in [6, 6.07) is 0. The van der Waals surface area contributed by atoms with Gasteiger partial charge in [-0.25, -0.2) is 8.42 Å². The molecule has 0 bridgehead atoms. The number of nitrogens with zero attached hydrogens (tertiary/aromatic N) is 1. The van der Waals surface area contributed by atoms with Gasteiger partial charge in [0.2, 0.25) is 5.91 Å². The van der Waals surface area contributed by atoms with Crippen molar-refractivity contribution in [1.29, 1.82) is 0 Å². The molecule has 2 heterocycles. The van der Waals surface area contributed by atoms with E-state index in [4.69, 9.17) is 0 Å². The Labute approximate surface area is 100 Å². The molecule has 2 aliphatic heterocycles. The molecule has 2 saturated heterocycles. The number of hydrogen-bond acceptors (Lipinski definition) is 5. The van der Waals surface area contributed by atoms with Crippen molar-refractivity contribution in [1.82, 2.24) is 4.90 Å². The van der Waals surface area contributed by atoms with E-state index in [-0.39, 0.29) is 42.8 Å². The highest BCUT2D eigenvalue weighted by molar-refractivity contribution is 7.91. The van der Waals surface area contributed by atoms with Gasteiger partial charge >= 0.3 is 0 Å². The molecule has 0 aromatic carbocycles. The third-order valence-electron chi connectivity index (χ3n) is 3.40.